The third-order valence-corrected chi connectivity index (χ3v) is 6.08. The molecule has 1 unspecified atom stereocenters. The summed E-state index contributed by atoms with van der Waals surface area (Å²) in [7, 11) is 0. The van der Waals surface area contributed by atoms with Crippen molar-refractivity contribution >= 4 is 28.8 Å². The summed E-state index contributed by atoms with van der Waals surface area (Å²) < 4.78 is 29.9. The molecule has 32 heavy (non-hydrogen) atoms. The highest BCUT2D eigenvalue weighted by Crippen LogP contribution is 2.38. The fraction of sp³-hybridized carbons (Fsp3) is 0.292. The number of rotatable bonds is 5. The number of fused-ring (bicyclic) bond motifs is 1. The predicted octanol–water partition coefficient (Wildman–Crippen LogP) is 4.01. The van der Waals surface area contributed by atoms with Crippen molar-refractivity contribution in [2.45, 2.75) is 31.3 Å². The molecule has 1 saturated carbocycles. The van der Waals surface area contributed by atoms with Gasteiger partial charge in [0.25, 0.3) is 0 Å². The number of benzene rings is 2. The fourth-order valence-corrected chi connectivity index (χ4v) is 4.23. The number of aromatic carboxylic acids is 1. The largest absolute Gasteiger partial charge is 0.477 e. The normalized spacial score (nSPS) is 18.7. The van der Waals surface area contributed by atoms with E-state index in [-0.39, 0.29) is 28.9 Å². The van der Waals surface area contributed by atoms with Gasteiger partial charge in [-0.3, -0.25) is 9.79 Å². The molecule has 0 radical (unpaired) electrons. The molecular weight excluding hydrogens is 416 g/mol. The average Bonchev–Trinajstić information content (AvgIpc) is 3.51. The number of carboxylic acid groups (broad SMARTS) is 1. The van der Waals surface area contributed by atoms with Crippen LogP contribution in [0.2, 0.25) is 0 Å². The molecular formula is C24H21F2N3O3. The molecule has 2 aromatic carbocycles. The first-order valence-electron chi connectivity index (χ1n) is 10.6. The van der Waals surface area contributed by atoms with Gasteiger partial charge in [-0.2, -0.15) is 0 Å². The summed E-state index contributed by atoms with van der Waals surface area (Å²) in [6, 6.07) is 8.96. The molecule has 2 heterocycles. The van der Waals surface area contributed by atoms with Crippen molar-refractivity contribution in [3.8, 4) is 0 Å². The van der Waals surface area contributed by atoms with Crippen LogP contribution in [0.15, 0.2) is 52.4 Å². The Bertz CT molecular complexity index is 1300. The van der Waals surface area contributed by atoms with Crippen LogP contribution in [0.3, 0.4) is 0 Å². The Kier molecular flexibility index (Phi) is 5.00. The lowest BCUT2D eigenvalue weighted by Crippen LogP contribution is -2.23. The van der Waals surface area contributed by atoms with Gasteiger partial charge in [-0.25, -0.2) is 13.6 Å². The summed E-state index contributed by atoms with van der Waals surface area (Å²) in [5.74, 6) is -2.17. The van der Waals surface area contributed by atoms with E-state index in [0.29, 0.717) is 24.3 Å². The Balaban J connectivity index is 1.46. The molecule has 1 atom stereocenters. The maximum absolute atomic E-state index is 15.0. The molecule has 3 aromatic rings. The Morgan fingerprint density at radius 1 is 1.12 bits per heavy atom. The summed E-state index contributed by atoms with van der Waals surface area (Å²) in [5, 5.41) is 9.46. The Hall–Kier alpha value is -3.55. The van der Waals surface area contributed by atoms with Crippen LogP contribution >= 0.6 is 0 Å². The number of pyridine rings is 1. The van der Waals surface area contributed by atoms with Gasteiger partial charge >= 0.3 is 5.97 Å². The van der Waals surface area contributed by atoms with Crippen LogP contribution < -0.4 is 10.3 Å². The first kappa shape index (κ1) is 20.4. The molecule has 1 aliphatic heterocycles. The third kappa shape index (κ3) is 3.77. The van der Waals surface area contributed by atoms with Gasteiger partial charge in [-0.1, -0.05) is 12.1 Å². The third-order valence-electron chi connectivity index (χ3n) is 6.08. The number of carboxylic acids is 1. The SMILES string of the molecule is O=C(O)c1cn(C2CC2)c2cc(N3CCC(/N=C/c4ccc(F)cc4)C3)c(F)cc2c1=O. The summed E-state index contributed by atoms with van der Waals surface area (Å²) in [4.78, 5) is 30.6. The minimum absolute atomic E-state index is 0.0323. The lowest BCUT2D eigenvalue weighted by Gasteiger charge is -2.21. The van der Waals surface area contributed by atoms with Crippen molar-refractivity contribution in [3.05, 3.63) is 75.6 Å². The van der Waals surface area contributed by atoms with E-state index in [4.69, 9.17) is 0 Å². The van der Waals surface area contributed by atoms with E-state index in [2.05, 4.69) is 4.99 Å². The molecule has 5 rings (SSSR count). The summed E-state index contributed by atoms with van der Waals surface area (Å²) in [5.41, 5.74) is 0.724. The summed E-state index contributed by atoms with van der Waals surface area (Å²) in [6.07, 6.45) is 5.61. The number of aromatic nitrogens is 1. The number of halogens is 2. The first-order valence-corrected chi connectivity index (χ1v) is 10.6. The smallest absolute Gasteiger partial charge is 0.341 e. The molecule has 0 amide bonds. The van der Waals surface area contributed by atoms with Gasteiger partial charge in [0, 0.05) is 36.9 Å². The number of anilines is 1. The molecule has 0 bridgehead atoms. The molecule has 1 N–H and O–H groups in total. The van der Waals surface area contributed by atoms with Crippen LogP contribution in [-0.4, -0.2) is 41.0 Å². The van der Waals surface area contributed by atoms with Crippen LogP contribution in [0.25, 0.3) is 10.9 Å². The Morgan fingerprint density at radius 3 is 2.56 bits per heavy atom. The van der Waals surface area contributed by atoms with Gasteiger partial charge in [0.15, 0.2) is 0 Å². The van der Waals surface area contributed by atoms with Crippen LogP contribution in [0.5, 0.6) is 0 Å². The zero-order valence-electron chi connectivity index (χ0n) is 17.2. The summed E-state index contributed by atoms with van der Waals surface area (Å²) >= 11 is 0. The van der Waals surface area contributed by atoms with Crippen LogP contribution in [-0.2, 0) is 0 Å². The maximum atomic E-state index is 15.0. The second-order valence-corrected chi connectivity index (χ2v) is 8.35. The van der Waals surface area contributed by atoms with Crippen LogP contribution in [0, 0.1) is 11.6 Å². The van der Waals surface area contributed by atoms with Crippen molar-refractivity contribution in [1.29, 1.82) is 0 Å². The molecule has 1 aliphatic carbocycles. The van der Waals surface area contributed by atoms with E-state index in [0.717, 1.165) is 30.9 Å². The van der Waals surface area contributed by atoms with Gasteiger partial charge in [-0.05, 0) is 49.1 Å². The summed E-state index contributed by atoms with van der Waals surface area (Å²) in [6.45, 7) is 1.12. The van der Waals surface area contributed by atoms with Gasteiger partial charge in [0.2, 0.25) is 5.43 Å². The lowest BCUT2D eigenvalue weighted by molar-refractivity contribution is 0.0695. The standard InChI is InChI=1S/C24H21F2N3O3/c25-15-3-1-14(2-4-15)11-27-16-7-8-28(12-16)22-10-21-18(9-20(22)26)23(30)19(24(31)32)13-29(21)17-5-6-17/h1-4,9-11,13,16-17H,5-8,12H2,(H,31,32)/b27-11+. The lowest BCUT2D eigenvalue weighted by atomic mass is 10.1. The van der Waals surface area contributed by atoms with Gasteiger partial charge < -0.3 is 14.6 Å². The quantitative estimate of drug-likeness (QED) is 0.612. The van der Waals surface area contributed by atoms with E-state index >= 15 is 4.39 Å². The molecule has 2 fully saturated rings. The van der Waals surface area contributed by atoms with Gasteiger partial charge in [0.05, 0.1) is 17.2 Å². The molecule has 8 heteroatoms. The van der Waals surface area contributed by atoms with Gasteiger partial charge in [-0.15, -0.1) is 0 Å². The van der Waals surface area contributed by atoms with Gasteiger partial charge in [0.1, 0.15) is 17.2 Å². The van der Waals surface area contributed by atoms with E-state index in [1.807, 2.05) is 4.90 Å². The van der Waals surface area contributed by atoms with E-state index in [9.17, 15) is 19.1 Å². The maximum Gasteiger partial charge on any atom is 0.341 e. The van der Waals surface area contributed by atoms with Crippen molar-refractivity contribution in [2.24, 2.45) is 4.99 Å². The number of nitrogens with zero attached hydrogens (tertiary/aromatic N) is 3. The molecule has 1 saturated heterocycles. The number of aliphatic imine (C=N–C) groups is 1. The van der Waals surface area contributed by atoms with Crippen molar-refractivity contribution in [2.75, 3.05) is 18.0 Å². The highest BCUT2D eigenvalue weighted by Gasteiger charge is 2.29. The zero-order valence-corrected chi connectivity index (χ0v) is 17.2. The molecule has 6 nitrogen and oxygen atoms in total. The fourth-order valence-electron chi connectivity index (χ4n) is 4.23. The minimum Gasteiger partial charge on any atom is -0.477 e. The number of hydrogen-bond acceptors (Lipinski definition) is 4. The zero-order chi connectivity index (χ0) is 22.4. The molecule has 0 spiro atoms. The topological polar surface area (TPSA) is 74.9 Å². The first-order chi connectivity index (χ1) is 15.4. The average molecular weight is 437 g/mol. The second-order valence-electron chi connectivity index (χ2n) is 8.35. The number of carbonyl (C=O) groups is 1. The minimum atomic E-state index is -1.31. The van der Waals surface area contributed by atoms with E-state index < -0.39 is 17.2 Å². The molecule has 2 aliphatic rings. The highest BCUT2D eigenvalue weighted by molar-refractivity contribution is 5.93. The Morgan fingerprint density at radius 2 is 1.88 bits per heavy atom. The number of hydrogen-bond donors (Lipinski definition) is 1. The highest BCUT2D eigenvalue weighted by atomic mass is 19.1. The van der Waals surface area contributed by atoms with Crippen molar-refractivity contribution < 1.29 is 18.7 Å². The van der Waals surface area contributed by atoms with Crippen LogP contribution in [0.4, 0.5) is 14.5 Å². The second kappa shape index (κ2) is 7.85. The molecule has 1 aromatic heterocycles. The van der Waals surface area contributed by atoms with Crippen molar-refractivity contribution in [3.63, 3.8) is 0 Å². The van der Waals surface area contributed by atoms with E-state index in [1.165, 1.54) is 18.3 Å². The monoisotopic (exact) mass is 437 g/mol. The Labute approximate surface area is 182 Å². The molecule has 164 valence electrons. The van der Waals surface area contributed by atoms with E-state index in [1.54, 1.807) is 29.0 Å². The van der Waals surface area contributed by atoms with Crippen LogP contribution in [0.1, 0.15) is 41.2 Å². The predicted molar refractivity (Wildman–Crippen MR) is 118 cm³/mol. The van der Waals surface area contributed by atoms with Crippen molar-refractivity contribution in [1.82, 2.24) is 4.57 Å².